The van der Waals surface area contributed by atoms with Crippen molar-refractivity contribution in [3.8, 4) is 0 Å². The molecule has 11 heteroatoms. The summed E-state index contributed by atoms with van der Waals surface area (Å²) in [5.74, 6) is -0.727. The van der Waals surface area contributed by atoms with Gasteiger partial charge < -0.3 is 4.74 Å². The van der Waals surface area contributed by atoms with Crippen molar-refractivity contribution >= 4 is 55.1 Å². The number of ether oxygens (including phenoxy) is 1. The van der Waals surface area contributed by atoms with Crippen LogP contribution in [0.25, 0.3) is 0 Å². The molecule has 0 unspecified atom stereocenters. The van der Waals surface area contributed by atoms with Crippen LogP contribution in [0.5, 0.6) is 0 Å². The molecular weight excluding hydrogens is 445 g/mol. The molecule has 130 valence electrons. The van der Waals surface area contributed by atoms with Crippen LogP contribution in [0.2, 0.25) is 10.0 Å². The zero-order valence-electron chi connectivity index (χ0n) is 12.1. The second-order valence-corrected chi connectivity index (χ2v) is 7.95. The third-order valence-corrected chi connectivity index (χ3v) is 5.56. The lowest BCUT2D eigenvalue weighted by Gasteiger charge is -2.10. The summed E-state index contributed by atoms with van der Waals surface area (Å²) in [6.07, 6.45) is 3.32. The number of carbonyl (C=O) groups excluding carboxylic acids is 1. The van der Waals surface area contributed by atoms with Crippen molar-refractivity contribution in [3.63, 3.8) is 0 Å². The molecule has 0 spiro atoms. The molecule has 1 N–H and O–H groups in total. The van der Waals surface area contributed by atoms with Crippen LogP contribution < -0.4 is 4.72 Å². The monoisotopic (exact) mass is 455 g/mol. The van der Waals surface area contributed by atoms with Gasteiger partial charge in [0.05, 0.1) is 16.6 Å². The highest BCUT2D eigenvalue weighted by Gasteiger charge is 2.23. The summed E-state index contributed by atoms with van der Waals surface area (Å²) in [7, 11) is -4.05. The molecule has 0 aliphatic carbocycles. The van der Waals surface area contributed by atoms with Crippen LogP contribution in [0.4, 0.5) is 0 Å². The Hall–Kier alpha value is -1.13. The van der Waals surface area contributed by atoms with Gasteiger partial charge in [-0.1, -0.05) is 39.1 Å². The quantitative estimate of drug-likeness (QED) is 0.646. The molecule has 0 atom stereocenters. The third kappa shape index (κ3) is 5.18. The van der Waals surface area contributed by atoms with Gasteiger partial charge in [0.2, 0.25) is 10.0 Å². The minimum atomic E-state index is -4.05. The normalized spacial score (nSPS) is 11.5. The molecule has 0 aliphatic heterocycles. The van der Waals surface area contributed by atoms with E-state index in [0.29, 0.717) is 11.0 Å². The molecule has 0 saturated heterocycles. The van der Waals surface area contributed by atoms with Crippen molar-refractivity contribution in [2.75, 3.05) is 13.2 Å². The molecule has 1 aromatic carbocycles. The number of hydrogen-bond acceptors (Lipinski definition) is 5. The van der Waals surface area contributed by atoms with E-state index >= 15 is 0 Å². The van der Waals surface area contributed by atoms with Crippen molar-refractivity contribution < 1.29 is 17.9 Å². The smallest absolute Gasteiger partial charge is 0.321 e. The maximum absolute atomic E-state index is 12.2. The van der Waals surface area contributed by atoms with E-state index in [9.17, 15) is 13.2 Å². The van der Waals surface area contributed by atoms with E-state index in [1.165, 1.54) is 12.1 Å². The standard InChI is InChI=1S/C13H12BrCl2N3O4S/c14-9-6-10(15)13(11(16)7-9)24(21,22)18-8-12(20)23-5-4-19-3-1-2-17-19/h1-3,6-7,18H,4-5,8H2. The molecule has 0 fully saturated rings. The van der Waals surface area contributed by atoms with Crippen molar-refractivity contribution in [2.45, 2.75) is 11.4 Å². The molecule has 0 saturated carbocycles. The average Bonchev–Trinajstić information content (AvgIpc) is 2.97. The van der Waals surface area contributed by atoms with Gasteiger partial charge in [-0.2, -0.15) is 9.82 Å². The number of rotatable bonds is 7. The van der Waals surface area contributed by atoms with E-state index < -0.39 is 22.5 Å². The number of nitrogens with zero attached hydrogens (tertiary/aromatic N) is 2. The van der Waals surface area contributed by atoms with Crippen molar-refractivity contribution in [2.24, 2.45) is 0 Å². The molecule has 1 heterocycles. The Kier molecular flexibility index (Phi) is 6.64. The first-order valence-corrected chi connectivity index (χ1v) is 9.60. The van der Waals surface area contributed by atoms with Gasteiger partial charge in [-0.15, -0.1) is 0 Å². The van der Waals surface area contributed by atoms with E-state index in [0.717, 1.165) is 0 Å². The van der Waals surface area contributed by atoms with E-state index in [2.05, 4.69) is 25.8 Å². The number of benzene rings is 1. The summed E-state index contributed by atoms with van der Waals surface area (Å²) in [4.78, 5) is 11.3. The fourth-order valence-corrected chi connectivity index (χ4v) is 4.65. The van der Waals surface area contributed by atoms with Gasteiger partial charge >= 0.3 is 5.97 Å². The molecule has 2 rings (SSSR count). The lowest BCUT2D eigenvalue weighted by Crippen LogP contribution is -2.31. The predicted molar refractivity (Wildman–Crippen MR) is 92.5 cm³/mol. The zero-order chi connectivity index (χ0) is 17.7. The number of nitrogens with one attached hydrogen (secondary N) is 1. The molecule has 24 heavy (non-hydrogen) atoms. The van der Waals surface area contributed by atoms with E-state index in [1.54, 1.807) is 23.1 Å². The molecular formula is C13H12BrCl2N3O4S. The minimum Gasteiger partial charge on any atom is -0.463 e. The number of esters is 1. The Morgan fingerprint density at radius 3 is 2.58 bits per heavy atom. The van der Waals surface area contributed by atoms with Gasteiger partial charge in [-0.25, -0.2) is 8.42 Å². The van der Waals surface area contributed by atoms with Crippen LogP contribution in [0.3, 0.4) is 0 Å². The Labute approximate surface area is 157 Å². The average molecular weight is 457 g/mol. The Morgan fingerprint density at radius 1 is 1.33 bits per heavy atom. The maximum atomic E-state index is 12.2. The SMILES string of the molecule is O=C(CNS(=O)(=O)c1c(Cl)cc(Br)cc1Cl)OCCn1cccn1. The van der Waals surface area contributed by atoms with Crippen LogP contribution in [-0.4, -0.2) is 37.3 Å². The topological polar surface area (TPSA) is 90.3 Å². The lowest BCUT2D eigenvalue weighted by molar-refractivity contribution is -0.142. The van der Waals surface area contributed by atoms with Gasteiger partial charge in [0.25, 0.3) is 0 Å². The van der Waals surface area contributed by atoms with E-state index in [1.807, 2.05) is 0 Å². The molecule has 0 amide bonds. The fraction of sp³-hybridized carbons (Fsp3) is 0.231. The Bertz CT molecular complexity index is 805. The van der Waals surface area contributed by atoms with Crippen LogP contribution in [0.1, 0.15) is 0 Å². The Balaban J connectivity index is 1.91. The molecule has 0 bridgehead atoms. The second kappa shape index (κ2) is 8.30. The van der Waals surface area contributed by atoms with E-state index in [4.69, 9.17) is 27.9 Å². The van der Waals surface area contributed by atoms with E-state index in [-0.39, 0.29) is 21.5 Å². The maximum Gasteiger partial charge on any atom is 0.321 e. The highest BCUT2D eigenvalue weighted by Crippen LogP contribution is 2.32. The minimum absolute atomic E-state index is 0.0612. The van der Waals surface area contributed by atoms with Crippen molar-refractivity contribution in [1.29, 1.82) is 0 Å². The first-order chi connectivity index (χ1) is 11.3. The number of hydrogen-bond donors (Lipinski definition) is 1. The molecule has 0 aliphatic rings. The number of sulfonamides is 1. The molecule has 1 aromatic heterocycles. The molecule has 2 aromatic rings. The van der Waals surface area contributed by atoms with Crippen LogP contribution in [0.15, 0.2) is 40.0 Å². The third-order valence-electron chi connectivity index (χ3n) is 2.78. The van der Waals surface area contributed by atoms with Gasteiger partial charge in [-0.3, -0.25) is 9.48 Å². The number of aromatic nitrogens is 2. The largest absolute Gasteiger partial charge is 0.463 e. The van der Waals surface area contributed by atoms with Gasteiger partial charge in [0, 0.05) is 16.9 Å². The second-order valence-electron chi connectivity index (χ2n) is 4.51. The fourth-order valence-electron chi connectivity index (χ4n) is 1.75. The first-order valence-electron chi connectivity index (χ1n) is 6.57. The number of halogens is 3. The number of carbonyl (C=O) groups is 1. The summed E-state index contributed by atoms with van der Waals surface area (Å²) in [5, 5.41) is 3.82. The van der Waals surface area contributed by atoms with Crippen LogP contribution >= 0.6 is 39.1 Å². The Morgan fingerprint density at radius 2 is 2.00 bits per heavy atom. The lowest BCUT2D eigenvalue weighted by atomic mass is 10.4. The summed E-state index contributed by atoms with van der Waals surface area (Å²) in [6.45, 7) is -0.0952. The van der Waals surface area contributed by atoms with Crippen molar-refractivity contribution in [1.82, 2.24) is 14.5 Å². The van der Waals surface area contributed by atoms with Gasteiger partial charge in [-0.05, 0) is 18.2 Å². The summed E-state index contributed by atoms with van der Waals surface area (Å²) in [5.41, 5.74) is 0. The van der Waals surface area contributed by atoms with Crippen LogP contribution in [0, 0.1) is 0 Å². The molecule has 7 nitrogen and oxygen atoms in total. The first kappa shape index (κ1) is 19.2. The summed E-state index contributed by atoms with van der Waals surface area (Å²) in [6, 6.07) is 4.52. The van der Waals surface area contributed by atoms with Crippen LogP contribution in [-0.2, 0) is 26.1 Å². The predicted octanol–water partition coefficient (Wildman–Crippen LogP) is 2.47. The zero-order valence-corrected chi connectivity index (χ0v) is 16.0. The summed E-state index contributed by atoms with van der Waals surface area (Å²) >= 11 is 15.0. The van der Waals surface area contributed by atoms with Gasteiger partial charge in [0.15, 0.2) is 0 Å². The van der Waals surface area contributed by atoms with Gasteiger partial charge in [0.1, 0.15) is 18.0 Å². The summed E-state index contributed by atoms with van der Waals surface area (Å²) < 4.78 is 33.6. The highest BCUT2D eigenvalue weighted by molar-refractivity contribution is 9.10. The molecule has 0 radical (unpaired) electrons. The van der Waals surface area contributed by atoms with Crippen molar-refractivity contribution in [3.05, 3.63) is 45.1 Å². The highest BCUT2D eigenvalue weighted by atomic mass is 79.9.